The van der Waals surface area contributed by atoms with Crippen LogP contribution in [0.15, 0.2) is 243 Å². The molecule has 0 bridgehead atoms. The van der Waals surface area contributed by atoms with E-state index < -0.39 is 0 Å². The highest BCUT2D eigenvalue weighted by molar-refractivity contribution is 6.23. The standard InChI is InChI=1S/C68H52N2/c1-67(2)61-39-51(69(47-27-15-7-16-28-47)48-29-17-8-18-30-48)35-37-53(61)55-41-57-59(43-63(55)67)66(46-25-13-6-14-26-46)60-44-64-56(42-58(60)65(57)45-23-11-5-12-24-45)54-38-36-52(40-62(54)68(64,3)4)70(49-31-19-9-20-32-49)50-33-21-10-22-34-50/h5-44H,1-4H3. The fraction of sp³-hybridized carbons (Fsp3) is 0.0882. The van der Waals surface area contributed by atoms with Gasteiger partial charge in [-0.15, -0.1) is 0 Å². The van der Waals surface area contributed by atoms with E-state index in [0.717, 1.165) is 34.1 Å². The van der Waals surface area contributed by atoms with Crippen molar-refractivity contribution >= 4 is 55.7 Å². The van der Waals surface area contributed by atoms with Crippen LogP contribution in [0.25, 0.3) is 66.1 Å². The Labute approximate surface area is 411 Å². The summed E-state index contributed by atoms with van der Waals surface area (Å²) in [4.78, 5) is 4.76. The normalized spacial score (nSPS) is 13.7. The van der Waals surface area contributed by atoms with Crippen molar-refractivity contribution in [3.63, 3.8) is 0 Å². The molecule has 0 radical (unpaired) electrons. The van der Waals surface area contributed by atoms with Gasteiger partial charge in [0.25, 0.3) is 0 Å². The molecule has 13 rings (SSSR count). The minimum atomic E-state index is -0.267. The Morgan fingerprint density at radius 2 is 0.514 bits per heavy atom. The maximum absolute atomic E-state index is 2.56. The molecule has 0 spiro atoms. The van der Waals surface area contributed by atoms with Gasteiger partial charge >= 0.3 is 0 Å². The number of nitrogens with zero attached hydrogens (tertiary/aromatic N) is 2. The van der Waals surface area contributed by atoms with Gasteiger partial charge in [-0.25, -0.2) is 0 Å². The number of fused-ring (bicyclic) bond motifs is 8. The number of rotatable bonds is 8. The van der Waals surface area contributed by atoms with E-state index in [0.29, 0.717) is 0 Å². The van der Waals surface area contributed by atoms with Crippen LogP contribution in [0.3, 0.4) is 0 Å². The molecule has 0 atom stereocenters. The van der Waals surface area contributed by atoms with Gasteiger partial charge in [0.05, 0.1) is 0 Å². The highest BCUT2D eigenvalue weighted by Crippen LogP contribution is 2.57. The van der Waals surface area contributed by atoms with Crippen molar-refractivity contribution < 1.29 is 0 Å². The summed E-state index contributed by atoms with van der Waals surface area (Å²) in [5.74, 6) is 0. The van der Waals surface area contributed by atoms with E-state index in [1.807, 2.05) is 0 Å². The lowest BCUT2D eigenvalue weighted by molar-refractivity contribution is 0.661. The number of benzene rings is 11. The second-order valence-corrected chi connectivity index (χ2v) is 20.1. The van der Waals surface area contributed by atoms with Gasteiger partial charge in [0.2, 0.25) is 0 Å². The summed E-state index contributed by atoms with van der Waals surface area (Å²) in [5, 5.41) is 5.11. The van der Waals surface area contributed by atoms with Gasteiger partial charge in [-0.2, -0.15) is 0 Å². The summed E-state index contributed by atoms with van der Waals surface area (Å²) in [6.07, 6.45) is 0. The zero-order valence-electron chi connectivity index (χ0n) is 40.0. The van der Waals surface area contributed by atoms with Crippen molar-refractivity contribution in [3.05, 3.63) is 265 Å². The van der Waals surface area contributed by atoms with Crippen LogP contribution >= 0.6 is 0 Å². The molecule has 11 aromatic carbocycles. The molecule has 0 saturated heterocycles. The minimum Gasteiger partial charge on any atom is -0.310 e. The molecule has 0 fully saturated rings. The molecule has 2 aliphatic rings. The van der Waals surface area contributed by atoms with E-state index >= 15 is 0 Å². The van der Waals surface area contributed by atoms with Crippen molar-refractivity contribution in [2.45, 2.75) is 38.5 Å². The first kappa shape index (κ1) is 41.7. The summed E-state index contributed by atoms with van der Waals surface area (Å²) >= 11 is 0. The quantitative estimate of drug-likeness (QED) is 0.140. The molecular formula is C68H52N2. The third kappa shape index (κ3) is 6.47. The van der Waals surface area contributed by atoms with Gasteiger partial charge in [0.15, 0.2) is 0 Å². The zero-order chi connectivity index (χ0) is 47.1. The first-order valence-corrected chi connectivity index (χ1v) is 24.6. The summed E-state index contributed by atoms with van der Waals surface area (Å²) < 4.78 is 0. The summed E-state index contributed by atoms with van der Waals surface area (Å²) in [7, 11) is 0. The van der Waals surface area contributed by atoms with Crippen LogP contribution < -0.4 is 9.80 Å². The Kier molecular flexibility index (Phi) is 9.58. The molecule has 334 valence electrons. The summed E-state index contributed by atoms with van der Waals surface area (Å²) in [5.41, 5.74) is 21.9. The Morgan fingerprint density at radius 1 is 0.243 bits per heavy atom. The van der Waals surface area contributed by atoms with Crippen LogP contribution in [0.4, 0.5) is 34.1 Å². The molecule has 0 heterocycles. The maximum Gasteiger partial charge on any atom is 0.0465 e. The van der Waals surface area contributed by atoms with E-state index in [1.165, 1.54) is 88.3 Å². The predicted molar refractivity (Wildman–Crippen MR) is 297 cm³/mol. The van der Waals surface area contributed by atoms with Crippen LogP contribution in [0.1, 0.15) is 49.9 Å². The Hall–Kier alpha value is -8.46. The fourth-order valence-corrected chi connectivity index (χ4v) is 12.0. The third-order valence-electron chi connectivity index (χ3n) is 15.4. The minimum absolute atomic E-state index is 0.267. The van der Waals surface area contributed by atoms with Crippen LogP contribution in [0, 0.1) is 0 Å². The first-order valence-electron chi connectivity index (χ1n) is 24.6. The molecule has 2 nitrogen and oxygen atoms in total. The predicted octanol–water partition coefficient (Wildman–Crippen LogP) is 18.9. The maximum atomic E-state index is 2.56. The summed E-state index contributed by atoms with van der Waals surface area (Å²) in [6, 6.07) is 89.7. The van der Waals surface area contributed by atoms with Crippen molar-refractivity contribution in [1.29, 1.82) is 0 Å². The molecule has 0 saturated carbocycles. The van der Waals surface area contributed by atoms with E-state index in [2.05, 4.69) is 280 Å². The van der Waals surface area contributed by atoms with Crippen molar-refractivity contribution in [2.75, 3.05) is 9.80 Å². The van der Waals surface area contributed by atoms with Gasteiger partial charge in [-0.3, -0.25) is 0 Å². The third-order valence-corrected chi connectivity index (χ3v) is 15.4. The van der Waals surface area contributed by atoms with Gasteiger partial charge in [0.1, 0.15) is 0 Å². The topological polar surface area (TPSA) is 6.48 Å². The molecule has 0 N–H and O–H groups in total. The van der Waals surface area contributed by atoms with Crippen molar-refractivity contribution in [1.82, 2.24) is 0 Å². The highest BCUT2D eigenvalue weighted by Gasteiger charge is 2.40. The summed E-state index contributed by atoms with van der Waals surface area (Å²) in [6.45, 7) is 9.67. The molecule has 70 heavy (non-hydrogen) atoms. The molecule has 2 heteroatoms. The first-order chi connectivity index (χ1) is 34.3. The monoisotopic (exact) mass is 896 g/mol. The SMILES string of the molecule is CC1(C)c2cc(N(c3ccccc3)c3ccccc3)ccc2-c2cc3c(-c4ccccc4)c4cc5c(cc4c(-c4ccccc4)c3cc21)C(C)(C)c1cc(N(c2ccccc2)c2ccccc2)ccc1-5. The zero-order valence-corrected chi connectivity index (χ0v) is 40.0. The molecular weight excluding hydrogens is 845 g/mol. The second-order valence-electron chi connectivity index (χ2n) is 20.1. The molecule has 0 aromatic heterocycles. The largest absolute Gasteiger partial charge is 0.310 e. The molecule has 2 aliphatic carbocycles. The molecule has 0 aliphatic heterocycles. The Bertz CT molecular complexity index is 3500. The smallest absolute Gasteiger partial charge is 0.0465 e. The fourth-order valence-electron chi connectivity index (χ4n) is 12.0. The van der Waals surface area contributed by atoms with E-state index in [-0.39, 0.29) is 10.8 Å². The Balaban J connectivity index is 1.06. The average Bonchev–Trinajstić information content (AvgIpc) is 3.76. The van der Waals surface area contributed by atoms with Gasteiger partial charge in [0, 0.05) is 45.0 Å². The van der Waals surface area contributed by atoms with Crippen LogP contribution in [0.5, 0.6) is 0 Å². The molecule has 0 unspecified atom stereocenters. The van der Waals surface area contributed by atoms with Crippen LogP contribution in [-0.4, -0.2) is 0 Å². The second kappa shape index (κ2) is 16.1. The van der Waals surface area contributed by atoms with E-state index in [9.17, 15) is 0 Å². The number of hydrogen-bond donors (Lipinski definition) is 0. The highest BCUT2D eigenvalue weighted by atomic mass is 15.1. The average molecular weight is 897 g/mol. The lowest BCUT2D eigenvalue weighted by Crippen LogP contribution is -2.17. The molecule has 0 amide bonds. The van der Waals surface area contributed by atoms with Crippen molar-refractivity contribution in [2.24, 2.45) is 0 Å². The lowest BCUT2D eigenvalue weighted by atomic mass is 9.78. The van der Waals surface area contributed by atoms with Crippen LogP contribution in [-0.2, 0) is 10.8 Å². The lowest BCUT2D eigenvalue weighted by Gasteiger charge is -2.28. The van der Waals surface area contributed by atoms with Gasteiger partial charge < -0.3 is 9.80 Å². The van der Waals surface area contributed by atoms with E-state index in [4.69, 9.17) is 0 Å². The van der Waals surface area contributed by atoms with E-state index in [1.54, 1.807) is 0 Å². The van der Waals surface area contributed by atoms with Gasteiger partial charge in [-0.1, -0.05) is 173 Å². The van der Waals surface area contributed by atoms with Gasteiger partial charge in [-0.05, 0) is 185 Å². The number of para-hydroxylation sites is 4. The number of anilines is 6. The van der Waals surface area contributed by atoms with Crippen molar-refractivity contribution in [3.8, 4) is 44.5 Å². The number of hydrogen-bond acceptors (Lipinski definition) is 2. The Morgan fingerprint density at radius 3 is 0.829 bits per heavy atom. The molecule has 11 aromatic rings. The van der Waals surface area contributed by atoms with Crippen LogP contribution in [0.2, 0.25) is 0 Å².